The minimum Gasteiger partial charge on any atom is -0.495 e. The molecule has 0 spiro atoms. The number of urea groups is 1. The van der Waals surface area contributed by atoms with Crippen molar-refractivity contribution in [2.45, 2.75) is 13.1 Å². The zero-order chi connectivity index (χ0) is 30.7. The number of ether oxygens (including phenoxy) is 2. The minimum absolute atomic E-state index is 0.0468. The van der Waals surface area contributed by atoms with Gasteiger partial charge in [0, 0.05) is 24.0 Å². The summed E-state index contributed by atoms with van der Waals surface area (Å²) in [5.41, 5.74) is 8.49. The van der Waals surface area contributed by atoms with Gasteiger partial charge in [-0.3, -0.25) is 14.6 Å². The topological polar surface area (TPSA) is 148 Å². The number of carbonyl (C=O) groups excluding carboxylic acids is 2. The molecule has 5 rings (SSSR count). The fourth-order valence-corrected chi connectivity index (χ4v) is 5.19. The summed E-state index contributed by atoms with van der Waals surface area (Å²) >= 11 is 13.4. The van der Waals surface area contributed by atoms with E-state index in [0.29, 0.717) is 34.1 Å². The van der Waals surface area contributed by atoms with E-state index in [-0.39, 0.29) is 52.2 Å². The molecule has 1 aliphatic rings. The second-order valence-corrected chi connectivity index (χ2v) is 9.96. The van der Waals surface area contributed by atoms with Crippen LogP contribution in [-0.2, 0) is 17.9 Å². The number of hydrogen-bond donors (Lipinski definition) is 3. The fourth-order valence-electron chi connectivity index (χ4n) is 4.48. The Labute approximate surface area is 257 Å². The monoisotopic (exact) mass is 620 g/mol. The SMILES string of the molecule is C=CC(=O)Nc1ccccc1Nc1ncc2c(n1)N(Cc1ccnc(N)c1)C(=O)N(c1c(Cl)c(OC)cc(OC)c1Cl)C2. The molecule has 0 radical (unpaired) electrons. The maximum Gasteiger partial charge on any atom is 0.330 e. The quantitative estimate of drug-likeness (QED) is 0.198. The van der Waals surface area contributed by atoms with Crippen molar-refractivity contribution in [3.63, 3.8) is 0 Å². The highest BCUT2D eigenvalue weighted by molar-refractivity contribution is 6.42. The number of nitrogen functional groups attached to an aromatic ring is 1. The fraction of sp³-hybridized carbons (Fsp3) is 0.138. The number of methoxy groups -OCH3 is 2. The minimum atomic E-state index is -0.467. The number of aromatic nitrogens is 3. The first-order valence-corrected chi connectivity index (χ1v) is 13.5. The average molecular weight is 621 g/mol. The van der Waals surface area contributed by atoms with Crippen LogP contribution in [0.25, 0.3) is 0 Å². The van der Waals surface area contributed by atoms with Crippen molar-refractivity contribution in [1.29, 1.82) is 0 Å². The van der Waals surface area contributed by atoms with E-state index in [2.05, 4.69) is 27.2 Å². The highest BCUT2D eigenvalue weighted by Gasteiger charge is 2.37. The molecule has 0 aliphatic carbocycles. The van der Waals surface area contributed by atoms with Crippen molar-refractivity contribution >= 4 is 69.8 Å². The van der Waals surface area contributed by atoms with E-state index in [9.17, 15) is 9.59 Å². The van der Waals surface area contributed by atoms with Crippen LogP contribution in [0.5, 0.6) is 11.5 Å². The summed E-state index contributed by atoms with van der Waals surface area (Å²) in [6.07, 6.45) is 4.33. The summed E-state index contributed by atoms with van der Waals surface area (Å²) in [7, 11) is 2.91. The van der Waals surface area contributed by atoms with Gasteiger partial charge < -0.3 is 25.8 Å². The Morgan fingerprint density at radius 3 is 2.44 bits per heavy atom. The smallest absolute Gasteiger partial charge is 0.330 e. The molecule has 1 aliphatic heterocycles. The van der Waals surface area contributed by atoms with Crippen LogP contribution in [0, 0.1) is 0 Å². The van der Waals surface area contributed by atoms with Gasteiger partial charge in [-0.1, -0.05) is 41.9 Å². The van der Waals surface area contributed by atoms with Crippen LogP contribution in [0.3, 0.4) is 0 Å². The molecule has 4 N–H and O–H groups in total. The second-order valence-electron chi connectivity index (χ2n) is 9.21. The molecule has 0 atom stereocenters. The van der Waals surface area contributed by atoms with Crippen LogP contribution in [0.15, 0.2) is 67.5 Å². The van der Waals surface area contributed by atoms with Crippen LogP contribution in [0.4, 0.5) is 39.4 Å². The van der Waals surface area contributed by atoms with Gasteiger partial charge in [-0.15, -0.1) is 0 Å². The predicted molar refractivity (Wildman–Crippen MR) is 167 cm³/mol. The molecule has 3 amide bonds. The number of nitrogens with two attached hydrogens (primary N) is 1. The molecular formula is C29H26Cl2N8O4. The van der Waals surface area contributed by atoms with Crippen LogP contribution in [-0.4, -0.2) is 41.1 Å². The van der Waals surface area contributed by atoms with Gasteiger partial charge in [0.1, 0.15) is 33.2 Å². The molecular weight excluding hydrogens is 595 g/mol. The van der Waals surface area contributed by atoms with Crippen LogP contribution in [0.1, 0.15) is 11.1 Å². The van der Waals surface area contributed by atoms with Gasteiger partial charge in [0.2, 0.25) is 11.9 Å². The number of para-hydroxylation sites is 2. The van der Waals surface area contributed by atoms with Crippen molar-refractivity contribution in [1.82, 2.24) is 15.0 Å². The molecule has 4 aromatic rings. The summed E-state index contributed by atoms with van der Waals surface area (Å²) < 4.78 is 10.8. The van der Waals surface area contributed by atoms with E-state index in [4.69, 9.17) is 43.4 Å². The molecule has 12 nitrogen and oxygen atoms in total. The normalized spacial score (nSPS) is 12.4. The second kappa shape index (κ2) is 12.4. The molecule has 3 heterocycles. The van der Waals surface area contributed by atoms with Gasteiger partial charge in [-0.25, -0.2) is 14.8 Å². The van der Waals surface area contributed by atoms with Gasteiger partial charge in [0.05, 0.1) is 44.4 Å². The summed E-state index contributed by atoms with van der Waals surface area (Å²) in [6.45, 7) is 3.63. The van der Waals surface area contributed by atoms with Crippen molar-refractivity contribution < 1.29 is 19.1 Å². The Morgan fingerprint density at radius 2 is 1.79 bits per heavy atom. The lowest BCUT2D eigenvalue weighted by Gasteiger charge is -2.37. The molecule has 0 unspecified atom stereocenters. The van der Waals surface area contributed by atoms with Gasteiger partial charge in [0.25, 0.3) is 0 Å². The molecule has 0 saturated carbocycles. The number of anilines is 6. The van der Waals surface area contributed by atoms with E-state index in [1.165, 1.54) is 30.1 Å². The summed E-state index contributed by atoms with van der Waals surface area (Å²) in [6, 6.07) is 11.5. The standard InChI is InChI=1S/C29H26Cl2N8O4/c1-4-23(40)35-18-7-5-6-8-19(18)36-28-34-13-17-15-38(26-24(30)20(42-2)12-21(43-3)25(26)31)29(41)39(27(17)37-28)14-16-9-10-33-22(32)11-16/h4-13H,1,14-15H2,2-3H3,(H2,32,33)(H,35,40)(H,34,36,37). The maximum atomic E-state index is 14.2. The third kappa shape index (κ3) is 5.96. The number of hydrogen-bond acceptors (Lipinski definition) is 9. The number of rotatable bonds is 9. The lowest BCUT2D eigenvalue weighted by Crippen LogP contribution is -2.48. The number of pyridine rings is 1. The zero-order valence-electron chi connectivity index (χ0n) is 23.1. The number of carbonyl (C=O) groups is 2. The molecule has 43 heavy (non-hydrogen) atoms. The summed E-state index contributed by atoms with van der Waals surface area (Å²) in [4.78, 5) is 42.3. The molecule has 14 heteroatoms. The molecule has 2 aromatic carbocycles. The van der Waals surface area contributed by atoms with Gasteiger partial charge in [0.15, 0.2) is 0 Å². The Kier molecular flexibility index (Phi) is 8.51. The van der Waals surface area contributed by atoms with E-state index >= 15 is 0 Å². The number of benzene rings is 2. The molecule has 0 saturated heterocycles. The van der Waals surface area contributed by atoms with E-state index in [1.54, 1.807) is 54.9 Å². The average Bonchev–Trinajstić information content (AvgIpc) is 3.00. The van der Waals surface area contributed by atoms with E-state index < -0.39 is 6.03 Å². The van der Waals surface area contributed by atoms with Crippen molar-refractivity contribution in [3.8, 4) is 11.5 Å². The van der Waals surface area contributed by atoms with Crippen LogP contribution in [0.2, 0.25) is 10.0 Å². The van der Waals surface area contributed by atoms with Gasteiger partial charge in [-0.2, -0.15) is 4.98 Å². The Hall–Kier alpha value is -5.07. The largest absolute Gasteiger partial charge is 0.495 e. The van der Waals surface area contributed by atoms with Crippen molar-refractivity contribution in [2.75, 3.05) is 40.4 Å². The first kappa shape index (κ1) is 29.4. The molecule has 0 bridgehead atoms. The number of nitrogens with zero attached hydrogens (tertiary/aromatic N) is 5. The number of amides is 3. The molecule has 0 fully saturated rings. The van der Waals surface area contributed by atoms with E-state index in [0.717, 1.165) is 0 Å². The first-order chi connectivity index (χ1) is 20.7. The third-order valence-electron chi connectivity index (χ3n) is 6.51. The number of halogens is 2. The van der Waals surface area contributed by atoms with Crippen LogP contribution >= 0.6 is 23.2 Å². The van der Waals surface area contributed by atoms with Crippen molar-refractivity contribution in [2.24, 2.45) is 0 Å². The summed E-state index contributed by atoms with van der Waals surface area (Å²) in [5.74, 6) is 1.03. The number of nitrogens with one attached hydrogen (secondary N) is 2. The van der Waals surface area contributed by atoms with Crippen molar-refractivity contribution in [3.05, 3.63) is 88.7 Å². The lowest BCUT2D eigenvalue weighted by atomic mass is 10.1. The van der Waals surface area contributed by atoms with Gasteiger partial charge in [-0.05, 0) is 35.9 Å². The third-order valence-corrected chi connectivity index (χ3v) is 7.24. The van der Waals surface area contributed by atoms with Gasteiger partial charge >= 0.3 is 6.03 Å². The Balaban J connectivity index is 1.59. The van der Waals surface area contributed by atoms with Crippen LogP contribution < -0.4 is 35.6 Å². The lowest BCUT2D eigenvalue weighted by molar-refractivity contribution is -0.111. The Bertz CT molecular complexity index is 1710. The van der Waals surface area contributed by atoms with E-state index in [1.807, 2.05) is 0 Å². The highest BCUT2D eigenvalue weighted by atomic mass is 35.5. The first-order valence-electron chi connectivity index (χ1n) is 12.8. The molecule has 220 valence electrons. The molecule has 2 aromatic heterocycles. The number of fused-ring (bicyclic) bond motifs is 1. The Morgan fingerprint density at radius 1 is 1.09 bits per heavy atom. The zero-order valence-corrected chi connectivity index (χ0v) is 24.6. The predicted octanol–water partition coefficient (Wildman–Crippen LogP) is 5.79. The maximum absolute atomic E-state index is 14.2. The highest BCUT2D eigenvalue weighted by Crippen LogP contribution is 2.48. The summed E-state index contributed by atoms with van der Waals surface area (Å²) in [5, 5.41) is 6.13.